The number of amides is 2. The van der Waals surface area contributed by atoms with Gasteiger partial charge in [-0.2, -0.15) is 0 Å². The molecule has 1 aromatic rings. The highest BCUT2D eigenvalue weighted by molar-refractivity contribution is 6.00. The summed E-state index contributed by atoms with van der Waals surface area (Å²) < 4.78 is 5.49. The van der Waals surface area contributed by atoms with Gasteiger partial charge in [-0.05, 0) is 50.5 Å². The van der Waals surface area contributed by atoms with E-state index in [9.17, 15) is 9.59 Å². The maximum atomic E-state index is 13.0. The van der Waals surface area contributed by atoms with Gasteiger partial charge in [-0.15, -0.1) is 0 Å². The highest BCUT2D eigenvalue weighted by Crippen LogP contribution is 2.68. The Hall–Kier alpha value is -3.08. The molecule has 2 N–H and O–H groups in total. The van der Waals surface area contributed by atoms with E-state index in [1.54, 1.807) is 7.11 Å². The van der Waals surface area contributed by atoms with Gasteiger partial charge in [0, 0.05) is 28.6 Å². The Morgan fingerprint density at radius 3 is 2.44 bits per heavy atom. The number of allylic oxidation sites excluding steroid dienone is 6. The maximum absolute atomic E-state index is 13.0. The molecule has 34 heavy (non-hydrogen) atoms. The van der Waals surface area contributed by atoms with Gasteiger partial charge in [0.15, 0.2) is 0 Å². The van der Waals surface area contributed by atoms with Crippen molar-refractivity contribution in [3.8, 4) is 0 Å². The van der Waals surface area contributed by atoms with Gasteiger partial charge >= 0.3 is 0 Å². The van der Waals surface area contributed by atoms with E-state index in [2.05, 4.69) is 56.6 Å². The quantitative estimate of drug-likeness (QED) is 0.364. The molecule has 2 unspecified atom stereocenters. The number of carbonyl (C=O) groups excluding carboxylic acids is 2. The van der Waals surface area contributed by atoms with E-state index >= 15 is 0 Å². The molecule has 2 amide bonds. The zero-order chi connectivity index (χ0) is 25.1. The predicted octanol–water partition coefficient (Wildman–Crippen LogP) is 6.07. The van der Waals surface area contributed by atoms with Gasteiger partial charge < -0.3 is 15.4 Å². The first kappa shape index (κ1) is 25.5. The van der Waals surface area contributed by atoms with Gasteiger partial charge in [-0.25, -0.2) is 0 Å². The van der Waals surface area contributed by atoms with Crippen LogP contribution in [0, 0.1) is 16.2 Å². The Labute approximate surface area is 204 Å². The summed E-state index contributed by atoms with van der Waals surface area (Å²) in [6.07, 6.45) is 11.9. The molecule has 0 heterocycles. The van der Waals surface area contributed by atoms with Crippen LogP contribution >= 0.6 is 0 Å². The SMILES string of the molecule is C/C=C(\C=C(/OC)C(C)(C)C)NC(=O)CCc1ccc(NC(=O)C23C=C(C)C=CC2(C)C3)cc1. The van der Waals surface area contributed by atoms with Crippen LogP contribution in [-0.2, 0) is 20.7 Å². The van der Waals surface area contributed by atoms with Crippen LogP contribution < -0.4 is 10.6 Å². The lowest BCUT2D eigenvalue weighted by Gasteiger charge is -2.22. The van der Waals surface area contributed by atoms with Crippen LogP contribution in [-0.4, -0.2) is 18.9 Å². The molecule has 0 radical (unpaired) electrons. The summed E-state index contributed by atoms with van der Waals surface area (Å²) in [5.41, 5.74) is 3.02. The van der Waals surface area contributed by atoms with E-state index in [0.717, 1.165) is 34.7 Å². The minimum absolute atomic E-state index is 0.0449. The minimum atomic E-state index is -0.433. The van der Waals surface area contributed by atoms with Crippen molar-refractivity contribution in [3.05, 3.63) is 77.2 Å². The number of nitrogens with one attached hydrogen (secondary N) is 2. The van der Waals surface area contributed by atoms with E-state index < -0.39 is 5.41 Å². The molecule has 5 nitrogen and oxygen atoms in total. The number of benzene rings is 1. The zero-order valence-corrected chi connectivity index (χ0v) is 21.5. The molecule has 3 rings (SSSR count). The average molecular weight is 463 g/mol. The number of rotatable bonds is 8. The maximum Gasteiger partial charge on any atom is 0.235 e. The van der Waals surface area contributed by atoms with Crippen molar-refractivity contribution in [2.75, 3.05) is 12.4 Å². The number of anilines is 1. The average Bonchev–Trinajstić information content (AvgIpc) is 3.41. The number of hydrogen-bond donors (Lipinski definition) is 2. The Morgan fingerprint density at radius 1 is 1.18 bits per heavy atom. The zero-order valence-electron chi connectivity index (χ0n) is 21.5. The molecular formula is C29H38N2O3. The molecule has 0 bridgehead atoms. The number of hydrogen-bond acceptors (Lipinski definition) is 3. The van der Waals surface area contributed by atoms with Gasteiger partial charge in [0.05, 0.1) is 12.5 Å². The van der Waals surface area contributed by atoms with Gasteiger partial charge in [-0.1, -0.05) is 69.7 Å². The van der Waals surface area contributed by atoms with Crippen LogP contribution in [0.1, 0.15) is 59.9 Å². The monoisotopic (exact) mass is 462 g/mol. The van der Waals surface area contributed by atoms with Crippen molar-refractivity contribution >= 4 is 17.5 Å². The lowest BCUT2D eigenvalue weighted by Crippen LogP contribution is -2.28. The van der Waals surface area contributed by atoms with Crippen molar-refractivity contribution in [2.45, 2.75) is 60.8 Å². The van der Waals surface area contributed by atoms with Crippen LogP contribution in [0.4, 0.5) is 5.69 Å². The van der Waals surface area contributed by atoms with Crippen molar-refractivity contribution in [1.82, 2.24) is 5.32 Å². The third-order valence-corrected chi connectivity index (χ3v) is 6.83. The van der Waals surface area contributed by atoms with Crippen molar-refractivity contribution in [2.24, 2.45) is 16.2 Å². The lowest BCUT2D eigenvalue weighted by molar-refractivity contribution is -0.121. The lowest BCUT2D eigenvalue weighted by atomic mass is 9.86. The molecule has 0 saturated heterocycles. The molecule has 1 aromatic carbocycles. The van der Waals surface area contributed by atoms with Crippen LogP contribution in [0.15, 0.2) is 71.7 Å². The Morgan fingerprint density at radius 2 is 1.85 bits per heavy atom. The summed E-state index contributed by atoms with van der Waals surface area (Å²) in [4.78, 5) is 25.5. The van der Waals surface area contributed by atoms with Crippen LogP contribution in [0.25, 0.3) is 0 Å². The second kappa shape index (κ2) is 9.65. The standard InChI is InChI=1S/C29H38N2O3/c1-8-22(17-24(34-7)27(3,4)5)30-25(32)14-11-21-9-12-23(13-10-21)31-26(33)29-18-20(2)15-16-28(29,6)19-29/h8-10,12-13,15-18H,11,14,19H2,1-7H3,(H,30,32)(H,31,33)/b22-8+,24-17-. The number of fused-ring (bicyclic) bond motifs is 1. The van der Waals surface area contributed by atoms with Crippen molar-refractivity contribution in [3.63, 3.8) is 0 Å². The summed E-state index contributed by atoms with van der Waals surface area (Å²) in [6.45, 7) is 12.3. The third kappa shape index (κ3) is 5.52. The largest absolute Gasteiger partial charge is 0.500 e. The minimum Gasteiger partial charge on any atom is -0.500 e. The fraction of sp³-hybridized carbons (Fsp3) is 0.448. The second-order valence-electron chi connectivity index (χ2n) is 10.7. The topological polar surface area (TPSA) is 67.4 Å². The number of ether oxygens (including phenoxy) is 1. The van der Waals surface area contributed by atoms with Gasteiger partial charge in [0.25, 0.3) is 0 Å². The molecule has 0 aliphatic heterocycles. The smallest absolute Gasteiger partial charge is 0.235 e. The normalized spacial score (nSPS) is 24.1. The summed E-state index contributed by atoms with van der Waals surface area (Å²) in [6, 6.07) is 7.75. The van der Waals surface area contributed by atoms with Crippen LogP contribution in [0.5, 0.6) is 0 Å². The second-order valence-corrected chi connectivity index (χ2v) is 10.7. The fourth-order valence-corrected chi connectivity index (χ4v) is 4.51. The molecule has 0 aromatic heterocycles. The molecular weight excluding hydrogens is 424 g/mol. The first-order chi connectivity index (χ1) is 15.9. The van der Waals surface area contributed by atoms with Gasteiger partial charge in [0.2, 0.25) is 11.8 Å². The molecule has 5 heteroatoms. The molecule has 2 atom stereocenters. The molecule has 1 saturated carbocycles. The predicted molar refractivity (Wildman–Crippen MR) is 138 cm³/mol. The van der Waals surface area contributed by atoms with E-state index in [-0.39, 0.29) is 22.6 Å². The van der Waals surface area contributed by atoms with Crippen LogP contribution in [0.2, 0.25) is 0 Å². The molecule has 1 fully saturated rings. The highest BCUT2D eigenvalue weighted by atomic mass is 16.5. The van der Waals surface area contributed by atoms with E-state index in [0.29, 0.717) is 12.8 Å². The van der Waals surface area contributed by atoms with Gasteiger partial charge in [-0.3, -0.25) is 9.59 Å². The number of methoxy groups -OCH3 is 1. The first-order valence-electron chi connectivity index (χ1n) is 11.9. The van der Waals surface area contributed by atoms with Crippen LogP contribution in [0.3, 0.4) is 0 Å². The Balaban J connectivity index is 1.53. The highest BCUT2D eigenvalue weighted by Gasteiger charge is 2.67. The molecule has 2 aliphatic rings. The van der Waals surface area contributed by atoms with E-state index in [4.69, 9.17) is 4.74 Å². The fourth-order valence-electron chi connectivity index (χ4n) is 4.51. The third-order valence-electron chi connectivity index (χ3n) is 6.83. The van der Waals surface area contributed by atoms with Gasteiger partial charge in [0.1, 0.15) is 5.76 Å². The summed E-state index contributed by atoms with van der Waals surface area (Å²) >= 11 is 0. The summed E-state index contributed by atoms with van der Waals surface area (Å²) in [5, 5.41) is 6.04. The first-order valence-corrected chi connectivity index (χ1v) is 11.9. The molecule has 0 spiro atoms. The Kier molecular flexibility index (Phi) is 7.25. The Bertz CT molecular complexity index is 1070. The number of aryl methyl sites for hydroxylation is 1. The summed E-state index contributed by atoms with van der Waals surface area (Å²) in [7, 11) is 1.64. The molecule has 182 valence electrons. The number of carbonyl (C=O) groups is 2. The summed E-state index contributed by atoms with van der Waals surface area (Å²) in [5.74, 6) is 0.800. The van der Waals surface area contributed by atoms with Crippen molar-refractivity contribution < 1.29 is 14.3 Å². The van der Waals surface area contributed by atoms with Crippen molar-refractivity contribution in [1.29, 1.82) is 0 Å². The van der Waals surface area contributed by atoms with E-state index in [1.165, 1.54) is 0 Å². The molecule has 2 aliphatic carbocycles. The van der Waals surface area contributed by atoms with E-state index in [1.807, 2.05) is 50.3 Å².